The van der Waals surface area contributed by atoms with Gasteiger partial charge in [0, 0.05) is 18.6 Å². The molecule has 2 heteroatoms. The van der Waals surface area contributed by atoms with Gasteiger partial charge in [-0.1, -0.05) is 34.6 Å². The van der Waals surface area contributed by atoms with E-state index in [4.69, 9.17) is 5.73 Å². The highest BCUT2D eigenvalue weighted by Crippen LogP contribution is 2.44. The Hall–Kier alpha value is -0.0800. The van der Waals surface area contributed by atoms with E-state index in [2.05, 4.69) is 53.5 Å². The maximum absolute atomic E-state index is 6.26. The van der Waals surface area contributed by atoms with Crippen molar-refractivity contribution in [3.63, 3.8) is 0 Å². The molecule has 0 amide bonds. The zero-order valence-corrected chi connectivity index (χ0v) is 14.2. The van der Waals surface area contributed by atoms with E-state index in [1.807, 2.05) is 0 Å². The molecular formula is C17H36N2. The molecule has 0 saturated heterocycles. The fourth-order valence-electron chi connectivity index (χ4n) is 3.66. The third-order valence-electron chi connectivity index (χ3n) is 5.79. The van der Waals surface area contributed by atoms with Crippen LogP contribution < -0.4 is 5.73 Å². The Balaban J connectivity index is 2.60. The first-order valence-corrected chi connectivity index (χ1v) is 8.12. The number of hydrogen-bond acceptors (Lipinski definition) is 2. The quantitative estimate of drug-likeness (QED) is 0.823. The summed E-state index contributed by atoms with van der Waals surface area (Å²) in [5, 5.41) is 0. The lowest BCUT2D eigenvalue weighted by Gasteiger charge is -2.48. The molecule has 19 heavy (non-hydrogen) atoms. The molecule has 1 rings (SSSR count). The standard InChI is InChI=1S/C17H36N2/c1-12(2)10-13(3)19(7)11-15-8-9-16(18)14(4)17(15,5)6/h12-16H,8-11,18H2,1-7H3. The minimum Gasteiger partial charge on any atom is -0.327 e. The molecule has 1 aliphatic rings. The van der Waals surface area contributed by atoms with Gasteiger partial charge in [0.2, 0.25) is 0 Å². The third-order valence-corrected chi connectivity index (χ3v) is 5.79. The Morgan fingerprint density at radius 3 is 2.32 bits per heavy atom. The van der Waals surface area contributed by atoms with Crippen molar-refractivity contribution in [3.05, 3.63) is 0 Å². The number of hydrogen-bond donors (Lipinski definition) is 1. The summed E-state index contributed by atoms with van der Waals surface area (Å²) in [5.41, 5.74) is 6.62. The molecule has 1 saturated carbocycles. The molecule has 2 N–H and O–H groups in total. The van der Waals surface area contributed by atoms with E-state index in [9.17, 15) is 0 Å². The predicted molar refractivity (Wildman–Crippen MR) is 85.2 cm³/mol. The average molecular weight is 268 g/mol. The van der Waals surface area contributed by atoms with Crippen molar-refractivity contribution < 1.29 is 0 Å². The van der Waals surface area contributed by atoms with E-state index in [1.165, 1.54) is 25.8 Å². The second-order valence-corrected chi connectivity index (χ2v) is 7.97. The molecule has 114 valence electrons. The third kappa shape index (κ3) is 4.19. The van der Waals surface area contributed by atoms with Crippen LogP contribution in [0.5, 0.6) is 0 Å². The van der Waals surface area contributed by atoms with Crippen LogP contribution in [-0.2, 0) is 0 Å². The Labute approximate surface area is 121 Å². The molecule has 1 aliphatic carbocycles. The molecule has 1 fully saturated rings. The van der Waals surface area contributed by atoms with Gasteiger partial charge < -0.3 is 10.6 Å². The summed E-state index contributed by atoms with van der Waals surface area (Å²) < 4.78 is 0. The molecule has 0 aromatic rings. The van der Waals surface area contributed by atoms with Crippen molar-refractivity contribution in [2.45, 2.75) is 72.9 Å². The maximum atomic E-state index is 6.26. The Morgan fingerprint density at radius 1 is 1.21 bits per heavy atom. The van der Waals surface area contributed by atoms with E-state index < -0.39 is 0 Å². The lowest BCUT2D eigenvalue weighted by Crippen LogP contribution is -2.50. The predicted octanol–water partition coefficient (Wildman–Crippen LogP) is 3.75. The summed E-state index contributed by atoms with van der Waals surface area (Å²) in [6, 6.07) is 1.08. The van der Waals surface area contributed by atoms with Crippen LogP contribution in [0.4, 0.5) is 0 Å². The van der Waals surface area contributed by atoms with E-state index in [-0.39, 0.29) is 0 Å². The SMILES string of the molecule is CC(C)CC(C)N(C)CC1CCC(N)C(C)C1(C)C. The van der Waals surface area contributed by atoms with Gasteiger partial charge in [-0.3, -0.25) is 0 Å². The van der Waals surface area contributed by atoms with Gasteiger partial charge in [-0.15, -0.1) is 0 Å². The summed E-state index contributed by atoms with van der Waals surface area (Å²) in [6.45, 7) is 15.4. The first-order valence-electron chi connectivity index (χ1n) is 8.12. The van der Waals surface area contributed by atoms with Crippen LogP contribution in [0.1, 0.15) is 60.8 Å². The van der Waals surface area contributed by atoms with Crippen LogP contribution in [0, 0.1) is 23.2 Å². The van der Waals surface area contributed by atoms with Crippen molar-refractivity contribution in [3.8, 4) is 0 Å². The Morgan fingerprint density at radius 2 is 1.79 bits per heavy atom. The van der Waals surface area contributed by atoms with Crippen LogP contribution >= 0.6 is 0 Å². The zero-order valence-electron chi connectivity index (χ0n) is 14.2. The van der Waals surface area contributed by atoms with Crippen molar-refractivity contribution in [2.75, 3.05) is 13.6 Å². The molecule has 0 aromatic heterocycles. The molecule has 0 aliphatic heterocycles. The largest absolute Gasteiger partial charge is 0.327 e. The fourth-order valence-corrected chi connectivity index (χ4v) is 3.66. The molecule has 4 atom stereocenters. The Kier molecular flexibility index (Phi) is 5.88. The van der Waals surface area contributed by atoms with E-state index in [0.29, 0.717) is 23.4 Å². The molecule has 0 aromatic carbocycles. The van der Waals surface area contributed by atoms with Gasteiger partial charge in [0.25, 0.3) is 0 Å². The van der Waals surface area contributed by atoms with Crippen LogP contribution in [0.3, 0.4) is 0 Å². The highest BCUT2D eigenvalue weighted by Gasteiger charge is 2.41. The smallest absolute Gasteiger partial charge is 0.00698 e. The topological polar surface area (TPSA) is 29.3 Å². The molecule has 0 spiro atoms. The first kappa shape index (κ1) is 17.0. The highest BCUT2D eigenvalue weighted by molar-refractivity contribution is 4.94. The normalized spacial score (nSPS) is 32.8. The zero-order chi connectivity index (χ0) is 14.8. The number of nitrogens with two attached hydrogens (primary N) is 1. The van der Waals surface area contributed by atoms with Crippen LogP contribution in [-0.4, -0.2) is 30.6 Å². The van der Waals surface area contributed by atoms with Gasteiger partial charge in [0.1, 0.15) is 0 Å². The van der Waals surface area contributed by atoms with Crippen LogP contribution in [0.2, 0.25) is 0 Å². The van der Waals surface area contributed by atoms with Crippen molar-refractivity contribution in [1.82, 2.24) is 4.90 Å². The second-order valence-electron chi connectivity index (χ2n) is 7.97. The van der Waals surface area contributed by atoms with Gasteiger partial charge in [-0.25, -0.2) is 0 Å². The summed E-state index contributed by atoms with van der Waals surface area (Å²) in [7, 11) is 2.29. The first-order chi connectivity index (χ1) is 8.66. The number of nitrogens with zero attached hydrogens (tertiary/aromatic N) is 1. The van der Waals surface area contributed by atoms with Gasteiger partial charge in [0.15, 0.2) is 0 Å². The summed E-state index contributed by atoms with van der Waals surface area (Å²) in [4.78, 5) is 2.57. The minimum atomic E-state index is 0.365. The van der Waals surface area contributed by atoms with Gasteiger partial charge >= 0.3 is 0 Å². The molecule has 4 unspecified atom stereocenters. The average Bonchev–Trinajstić information content (AvgIpc) is 2.29. The van der Waals surface area contributed by atoms with Gasteiger partial charge in [-0.2, -0.15) is 0 Å². The van der Waals surface area contributed by atoms with E-state index in [0.717, 1.165) is 11.8 Å². The monoisotopic (exact) mass is 268 g/mol. The molecule has 2 nitrogen and oxygen atoms in total. The number of rotatable bonds is 5. The van der Waals surface area contributed by atoms with Crippen LogP contribution in [0.25, 0.3) is 0 Å². The molecule has 0 bridgehead atoms. The summed E-state index contributed by atoms with van der Waals surface area (Å²) in [5.74, 6) is 2.19. The second kappa shape index (κ2) is 6.58. The molecular weight excluding hydrogens is 232 g/mol. The Bertz CT molecular complexity index is 272. The summed E-state index contributed by atoms with van der Waals surface area (Å²) >= 11 is 0. The van der Waals surface area contributed by atoms with E-state index >= 15 is 0 Å². The molecule has 0 radical (unpaired) electrons. The van der Waals surface area contributed by atoms with Crippen molar-refractivity contribution in [2.24, 2.45) is 28.9 Å². The van der Waals surface area contributed by atoms with Crippen LogP contribution in [0.15, 0.2) is 0 Å². The fraction of sp³-hybridized carbons (Fsp3) is 1.00. The van der Waals surface area contributed by atoms with Gasteiger partial charge in [0.05, 0.1) is 0 Å². The summed E-state index contributed by atoms with van der Waals surface area (Å²) in [6.07, 6.45) is 3.78. The minimum absolute atomic E-state index is 0.365. The molecule has 0 heterocycles. The van der Waals surface area contributed by atoms with Crippen molar-refractivity contribution in [1.29, 1.82) is 0 Å². The lowest BCUT2D eigenvalue weighted by molar-refractivity contribution is 0.0252. The van der Waals surface area contributed by atoms with Crippen molar-refractivity contribution >= 4 is 0 Å². The van der Waals surface area contributed by atoms with Gasteiger partial charge in [-0.05, 0) is 56.4 Å². The highest BCUT2D eigenvalue weighted by atomic mass is 15.1. The maximum Gasteiger partial charge on any atom is 0.00698 e. The lowest BCUT2D eigenvalue weighted by atomic mass is 9.61. The van der Waals surface area contributed by atoms with E-state index in [1.54, 1.807) is 0 Å².